The highest BCUT2D eigenvalue weighted by Gasteiger charge is 2.17. The lowest BCUT2D eigenvalue weighted by Crippen LogP contribution is -2.29. The highest BCUT2D eigenvalue weighted by Crippen LogP contribution is 2.27. The molecule has 0 fully saturated rings. The van der Waals surface area contributed by atoms with E-state index >= 15 is 0 Å². The Hall–Kier alpha value is -2.24. The molecule has 0 heterocycles. The van der Waals surface area contributed by atoms with Crippen LogP contribution in [0.25, 0.3) is 0 Å². The van der Waals surface area contributed by atoms with Gasteiger partial charge < -0.3 is 14.9 Å². The number of carbonyl (C=O) groups is 1. The Morgan fingerprint density at radius 2 is 1.92 bits per heavy atom. The van der Waals surface area contributed by atoms with Crippen molar-refractivity contribution < 1.29 is 14.4 Å². The van der Waals surface area contributed by atoms with E-state index in [2.05, 4.69) is 10.5 Å². The van der Waals surface area contributed by atoms with E-state index in [4.69, 9.17) is 32.8 Å². The van der Waals surface area contributed by atoms with Crippen molar-refractivity contribution in [2.75, 3.05) is 14.2 Å². The van der Waals surface area contributed by atoms with Gasteiger partial charge in [0, 0.05) is 18.7 Å². The van der Waals surface area contributed by atoms with Crippen LogP contribution < -0.4 is 10.1 Å². The average Bonchev–Trinajstić information content (AvgIpc) is 2.60. The van der Waals surface area contributed by atoms with Crippen LogP contribution in [0, 0.1) is 0 Å². The summed E-state index contributed by atoms with van der Waals surface area (Å²) in [4.78, 5) is 16.8. The minimum absolute atomic E-state index is 0.174. The van der Waals surface area contributed by atoms with Crippen LogP contribution in [0.5, 0.6) is 5.75 Å². The van der Waals surface area contributed by atoms with Crippen LogP contribution in [-0.4, -0.2) is 25.8 Å². The number of benzene rings is 2. The SMILES string of the molecule is CNC(=O)/C(=N/OC)c1ccccc1COc1ccc(Cl)c(Cl)c1. The zero-order chi connectivity index (χ0) is 17.5. The monoisotopic (exact) mass is 366 g/mol. The predicted octanol–water partition coefficient (Wildman–Crippen LogP) is 3.67. The van der Waals surface area contributed by atoms with Gasteiger partial charge in [0.05, 0.1) is 10.0 Å². The number of hydrogen-bond acceptors (Lipinski definition) is 4. The maximum atomic E-state index is 12.0. The highest BCUT2D eigenvalue weighted by molar-refractivity contribution is 6.45. The van der Waals surface area contributed by atoms with Crippen molar-refractivity contribution in [1.82, 2.24) is 5.32 Å². The zero-order valence-electron chi connectivity index (χ0n) is 13.2. The van der Waals surface area contributed by atoms with Gasteiger partial charge in [-0.05, 0) is 17.7 Å². The van der Waals surface area contributed by atoms with Gasteiger partial charge in [-0.2, -0.15) is 0 Å². The van der Waals surface area contributed by atoms with Gasteiger partial charge in [-0.1, -0.05) is 52.6 Å². The van der Waals surface area contributed by atoms with E-state index in [9.17, 15) is 4.79 Å². The summed E-state index contributed by atoms with van der Waals surface area (Å²) in [5.74, 6) is 0.225. The van der Waals surface area contributed by atoms with Crippen LogP contribution >= 0.6 is 23.2 Å². The van der Waals surface area contributed by atoms with Crippen LogP contribution in [-0.2, 0) is 16.2 Å². The standard InChI is InChI=1S/C17H16Cl2N2O3/c1-20-17(22)16(21-23-2)13-6-4-3-5-11(13)10-24-12-7-8-14(18)15(19)9-12/h3-9H,10H2,1-2H3,(H,20,22)/b21-16+. The lowest BCUT2D eigenvalue weighted by atomic mass is 10.0. The lowest BCUT2D eigenvalue weighted by Gasteiger charge is -2.12. The number of hydrogen-bond donors (Lipinski definition) is 1. The molecule has 1 N–H and O–H groups in total. The summed E-state index contributed by atoms with van der Waals surface area (Å²) in [5.41, 5.74) is 1.58. The summed E-state index contributed by atoms with van der Waals surface area (Å²) in [6.45, 7) is 0.230. The molecular weight excluding hydrogens is 351 g/mol. The molecule has 0 saturated carbocycles. The fraction of sp³-hybridized carbons (Fsp3) is 0.176. The molecule has 0 unspecified atom stereocenters. The van der Waals surface area contributed by atoms with Crippen LogP contribution in [0.4, 0.5) is 0 Å². The van der Waals surface area contributed by atoms with Crippen molar-refractivity contribution in [3.05, 3.63) is 63.6 Å². The number of carbonyl (C=O) groups excluding carboxylic acids is 1. The number of oxime groups is 1. The van der Waals surface area contributed by atoms with Gasteiger partial charge in [0.1, 0.15) is 19.5 Å². The molecule has 24 heavy (non-hydrogen) atoms. The van der Waals surface area contributed by atoms with Crippen LogP contribution in [0.3, 0.4) is 0 Å². The molecule has 0 atom stereocenters. The number of rotatable bonds is 6. The normalized spacial score (nSPS) is 11.1. The molecular formula is C17H16Cl2N2O3. The first kappa shape index (κ1) is 18.1. The Morgan fingerprint density at radius 1 is 1.17 bits per heavy atom. The fourth-order valence-electron chi connectivity index (χ4n) is 2.03. The maximum absolute atomic E-state index is 12.0. The van der Waals surface area contributed by atoms with Crippen molar-refractivity contribution in [2.45, 2.75) is 6.61 Å². The third-order valence-corrected chi connectivity index (χ3v) is 3.92. The molecule has 0 bridgehead atoms. The molecule has 5 nitrogen and oxygen atoms in total. The molecule has 2 rings (SSSR count). The first-order valence-corrected chi connectivity index (χ1v) is 7.81. The first-order chi connectivity index (χ1) is 11.6. The second-order valence-corrected chi connectivity index (χ2v) is 5.54. The zero-order valence-corrected chi connectivity index (χ0v) is 14.7. The van der Waals surface area contributed by atoms with Gasteiger partial charge in [-0.25, -0.2) is 0 Å². The topological polar surface area (TPSA) is 59.9 Å². The first-order valence-electron chi connectivity index (χ1n) is 7.06. The Balaban J connectivity index is 2.26. The van der Waals surface area contributed by atoms with Gasteiger partial charge in [0.25, 0.3) is 5.91 Å². The number of halogens is 2. The van der Waals surface area contributed by atoms with Crippen molar-refractivity contribution >= 4 is 34.8 Å². The summed E-state index contributed by atoms with van der Waals surface area (Å²) >= 11 is 11.9. The molecule has 0 radical (unpaired) electrons. The van der Waals surface area contributed by atoms with Crippen LogP contribution in [0.1, 0.15) is 11.1 Å². The Bertz CT molecular complexity index is 763. The second kappa shape index (κ2) is 8.57. The summed E-state index contributed by atoms with van der Waals surface area (Å²) in [6.07, 6.45) is 0. The van der Waals surface area contributed by atoms with Gasteiger partial charge in [0.15, 0.2) is 5.71 Å². The molecule has 2 aromatic rings. The van der Waals surface area contributed by atoms with E-state index in [0.717, 1.165) is 5.56 Å². The van der Waals surface area contributed by atoms with Crippen molar-refractivity contribution in [2.24, 2.45) is 5.16 Å². The van der Waals surface area contributed by atoms with E-state index in [1.54, 1.807) is 24.3 Å². The molecule has 7 heteroatoms. The van der Waals surface area contributed by atoms with Crippen molar-refractivity contribution in [3.8, 4) is 5.75 Å². The molecule has 0 aromatic heterocycles. The molecule has 1 amide bonds. The smallest absolute Gasteiger partial charge is 0.273 e. The quantitative estimate of drug-likeness (QED) is 0.626. The van der Waals surface area contributed by atoms with Gasteiger partial charge >= 0.3 is 0 Å². The predicted molar refractivity (Wildman–Crippen MR) is 94.8 cm³/mol. The Kier molecular flexibility index (Phi) is 6.46. The molecule has 0 aliphatic rings. The molecule has 0 spiro atoms. The number of likely N-dealkylation sites (N-methyl/N-ethyl adjacent to an activating group) is 1. The van der Waals surface area contributed by atoms with E-state index in [-0.39, 0.29) is 18.2 Å². The second-order valence-electron chi connectivity index (χ2n) is 4.72. The summed E-state index contributed by atoms with van der Waals surface area (Å²) in [5, 5.41) is 7.23. The molecule has 0 aliphatic heterocycles. The summed E-state index contributed by atoms with van der Waals surface area (Å²) < 4.78 is 5.74. The Labute approximate surface area is 150 Å². The number of nitrogens with zero attached hydrogens (tertiary/aromatic N) is 1. The third-order valence-electron chi connectivity index (χ3n) is 3.18. The maximum Gasteiger partial charge on any atom is 0.273 e. The van der Waals surface area contributed by atoms with Crippen LogP contribution in [0.2, 0.25) is 10.0 Å². The summed E-state index contributed by atoms with van der Waals surface area (Å²) in [7, 11) is 2.92. The van der Waals surface area contributed by atoms with E-state index in [1.807, 2.05) is 18.2 Å². The van der Waals surface area contributed by atoms with Crippen molar-refractivity contribution in [1.29, 1.82) is 0 Å². The molecule has 0 aliphatic carbocycles. The largest absolute Gasteiger partial charge is 0.489 e. The molecule has 126 valence electrons. The Morgan fingerprint density at radius 3 is 2.58 bits per heavy atom. The van der Waals surface area contributed by atoms with Gasteiger partial charge in [-0.3, -0.25) is 4.79 Å². The van der Waals surface area contributed by atoms with E-state index < -0.39 is 0 Å². The van der Waals surface area contributed by atoms with Gasteiger partial charge in [-0.15, -0.1) is 0 Å². The average molecular weight is 367 g/mol. The van der Waals surface area contributed by atoms with Gasteiger partial charge in [0.2, 0.25) is 0 Å². The van der Waals surface area contributed by atoms with E-state index in [0.29, 0.717) is 21.4 Å². The lowest BCUT2D eigenvalue weighted by molar-refractivity contribution is -0.114. The number of nitrogens with one attached hydrogen (secondary N) is 1. The van der Waals surface area contributed by atoms with Crippen molar-refractivity contribution in [3.63, 3.8) is 0 Å². The highest BCUT2D eigenvalue weighted by atomic mass is 35.5. The fourth-order valence-corrected chi connectivity index (χ4v) is 2.32. The van der Waals surface area contributed by atoms with E-state index in [1.165, 1.54) is 14.2 Å². The number of ether oxygens (including phenoxy) is 1. The minimum atomic E-state index is -0.348. The minimum Gasteiger partial charge on any atom is -0.489 e. The molecule has 2 aromatic carbocycles. The number of amides is 1. The molecule has 0 saturated heterocycles. The summed E-state index contributed by atoms with van der Waals surface area (Å²) in [6, 6.07) is 12.3. The third kappa shape index (κ3) is 4.40. The van der Waals surface area contributed by atoms with Crippen LogP contribution in [0.15, 0.2) is 47.6 Å².